The normalized spacial score (nSPS) is 11.8. The maximum Gasteiger partial charge on any atom is 0.278 e. The molecule has 0 radical (unpaired) electrons. The van der Waals surface area contributed by atoms with Gasteiger partial charge in [-0.15, -0.1) is 5.10 Å². The van der Waals surface area contributed by atoms with E-state index in [9.17, 15) is 4.79 Å². The highest BCUT2D eigenvalue weighted by atomic mass is 32.1. The third-order valence-corrected chi connectivity index (χ3v) is 5.62. The number of likely N-dealkylation sites (N-methyl/N-ethyl adjacent to an activating group) is 1. The lowest BCUT2D eigenvalue weighted by Gasteiger charge is -2.19. The second-order valence-corrected chi connectivity index (χ2v) is 7.55. The largest absolute Gasteiger partial charge is 0.283 e. The van der Waals surface area contributed by atoms with Crippen molar-refractivity contribution < 1.29 is 4.79 Å². The van der Waals surface area contributed by atoms with Crippen molar-refractivity contribution in [3.63, 3.8) is 0 Å². The van der Waals surface area contributed by atoms with Gasteiger partial charge >= 0.3 is 0 Å². The highest BCUT2D eigenvalue weighted by Gasteiger charge is 2.25. The Hall–Kier alpha value is -3.39. The van der Waals surface area contributed by atoms with Gasteiger partial charge in [-0.2, -0.15) is 4.68 Å². The number of aryl methyl sites for hydroxylation is 2. The fourth-order valence-corrected chi connectivity index (χ4v) is 4.17. The van der Waals surface area contributed by atoms with Gasteiger partial charge in [0.25, 0.3) is 5.91 Å². The number of aromatic nitrogens is 5. The van der Waals surface area contributed by atoms with E-state index in [2.05, 4.69) is 15.5 Å². The summed E-state index contributed by atoms with van der Waals surface area (Å²) in [4.78, 5) is 20.0. The number of amides is 1. The van der Waals surface area contributed by atoms with E-state index in [0.29, 0.717) is 23.2 Å². The zero-order valence-corrected chi connectivity index (χ0v) is 17.2. The molecule has 8 heteroatoms. The predicted molar refractivity (Wildman–Crippen MR) is 116 cm³/mol. The van der Waals surface area contributed by atoms with E-state index < -0.39 is 0 Å². The molecule has 0 saturated carbocycles. The molecule has 0 aliphatic carbocycles. The molecule has 0 saturated heterocycles. The molecule has 4 rings (SSSR count). The van der Waals surface area contributed by atoms with Gasteiger partial charge in [-0.3, -0.25) is 9.69 Å². The number of rotatable bonds is 5. The number of nitrogens with zero attached hydrogens (tertiary/aromatic N) is 6. The average molecular weight is 404 g/mol. The zero-order chi connectivity index (χ0) is 20.4. The lowest BCUT2D eigenvalue weighted by molar-refractivity contribution is -0.113. The molecule has 0 unspecified atom stereocenters. The monoisotopic (exact) mass is 404 g/mol. The van der Waals surface area contributed by atoms with E-state index in [0.717, 1.165) is 21.3 Å². The van der Waals surface area contributed by atoms with E-state index in [1.54, 1.807) is 17.9 Å². The first-order valence-corrected chi connectivity index (χ1v) is 10.1. The summed E-state index contributed by atoms with van der Waals surface area (Å²) in [6.45, 7) is 6.20. The minimum Gasteiger partial charge on any atom is -0.283 e. The fourth-order valence-electron chi connectivity index (χ4n) is 3.07. The quantitative estimate of drug-likeness (QED) is 0.471. The lowest BCUT2D eigenvalue weighted by Crippen LogP contribution is -2.33. The van der Waals surface area contributed by atoms with Crippen LogP contribution in [-0.4, -0.2) is 37.6 Å². The number of hydrogen-bond donors (Lipinski definition) is 0. The number of tetrazole rings is 1. The van der Waals surface area contributed by atoms with Gasteiger partial charge < -0.3 is 0 Å². The van der Waals surface area contributed by atoms with Crippen LogP contribution in [0.15, 0.2) is 48.5 Å². The van der Waals surface area contributed by atoms with Crippen LogP contribution in [0.3, 0.4) is 0 Å². The lowest BCUT2D eigenvalue weighted by atomic mass is 10.2. The fraction of sp³-hybridized carbons (Fsp3) is 0.190. The van der Waals surface area contributed by atoms with Crippen molar-refractivity contribution >= 4 is 44.4 Å². The number of thiazole rings is 1. The van der Waals surface area contributed by atoms with Gasteiger partial charge in [0, 0.05) is 6.54 Å². The SMILES string of the molecule is CCN(C(=O)C(=Cc1ccccc1)n1nnnc1C)c1nc2c(C)cccc2s1. The Bertz CT molecular complexity index is 1190. The van der Waals surface area contributed by atoms with Crippen LogP contribution in [-0.2, 0) is 4.79 Å². The summed E-state index contributed by atoms with van der Waals surface area (Å²) in [6.07, 6.45) is 1.80. The summed E-state index contributed by atoms with van der Waals surface area (Å²) < 4.78 is 2.52. The third-order valence-electron chi connectivity index (χ3n) is 4.58. The van der Waals surface area contributed by atoms with Gasteiger partial charge in [0.15, 0.2) is 11.0 Å². The molecule has 2 aromatic heterocycles. The Morgan fingerprint density at radius 1 is 1.14 bits per heavy atom. The molecule has 2 heterocycles. The molecule has 0 spiro atoms. The number of carbonyl (C=O) groups is 1. The van der Waals surface area contributed by atoms with Gasteiger partial charge in [-0.25, -0.2) is 4.98 Å². The Balaban J connectivity index is 1.80. The third kappa shape index (κ3) is 3.66. The van der Waals surface area contributed by atoms with E-state index in [1.165, 1.54) is 16.0 Å². The van der Waals surface area contributed by atoms with Gasteiger partial charge in [0.1, 0.15) is 5.70 Å². The second kappa shape index (κ2) is 7.92. The van der Waals surface area contributed by atoms with E-state index >= 15 is 0 Å². The molecule has 0 aliphatic rings. The van der Waals surface area contributed by atoms with Gasteiger partial charge in [-0.1, -0.05) is 53.8 Å². The summed E-state index contributed by atoms with van der Waals surface area (Å²) in [7, 11) is 0. The van der Waals surface area contributed by atoms with Crippen LogP contribution in [0.4, 0.5) is 5.13 Å². The molecule has 0 atom stereocenters. The summed E-state index contributed by atoms with van der Waals surface area (Å²) in [5.74, 6) is 0.334. The molecular weight excluding hydrogens is 384 g/mol. The Morgan fingerprint density at radius 2 is 1.93 bits per heavy atom. The number of carbonyl (C=O) groups excluding carboxylic acids is 1. The highest BCUT2D eigenvalue weighted by Crippen LogP contribution is 2.31. The van der Waals surface area contributed by atoms with Crippen LogP contribution in [0.5, 0.6) is 0 Å². The number of benzene rings is 2. The molecule has 0 aliphatic heterocycles. The van der Waals surface area contributed by atoms with Crippen LogP contribution in [0.1, 0.15) is 23.9 Å². The van der Waals surface area contributed by atoms with Crippen LogP contribution < -0.4 is 4.90 Å². The molecule has 4 aromatic rings. The molecule has 1 amide bonds. The highest BCUT2D eigenvalue weighted by molar-refractivity contribution is 7.22. The molecule has 0 bridgehead atoms. The Labute approximate surface area is 172 Å². The predicted octanol–water partition coefficient (Wildman–Crippen LogP) is 3.95. The average Bonchev–Trinajstić information content (AvgIpc) is 3.34. The maximum atomic E-state index is 13.6. The molecule has 0 fully saturated rings. The van der Waals surface area contributed by atoms with Crippen LogP contribution in [0.25, 0.3) is 22.0 Å². The van der Waals surface area contributed by atoms with Crippen molar-refractivity contribution in [1.29, 1.82) is 0 Å². The smallest absolute Gasteiger partial charge is 0.278 e. The second-order valence-electron chi connectivity index (χ2n) is 6.55. The number of anilines is 1. The summed E-state index contributed by atoms with van der Waals surface area (Å²) in [6, 6.07) is 15.7. The Kier molecular flexibility index (Phi) is 5.18. The van der Waals surface area contributed by atoms with E-state index in [-0.39, 0.29) is 5.91 Å². The minimum atomic E-state index is -0.205. The standard InChI is InChI=1S/C21H20N6OS/c1-4-26(21-22-19-14(2)9-8-12-18(19)29-21)20(28)17(27-15(3)23-24-25-27)13-16-10-6-5-7-11-16/h5-13H,4H2,1-3H3. The maximum absolute atomic E-state index is 13.6. The first kappa shape index (κ1) is 18.9. The molecule has 0 N–H and O–H groups in total. The van der Waals surface area contributed by atoms with Crippen molar-refractivity contribution in [3.8, 4) is 0 Å². The van der Waals surface area contributed by atoms with E-state index in [4.69, 9.17) is 4.98 Å². The molecule has 29 heavy (non-hydrogen) atoms. The van der Waals surface area contributed by atoms with Gasteiger partial charge in [0.2, 0.25) is 0 Å². The van der Waals surface area contributed by atoms with Crippen LogP contribution in [0.2, 0.25) is 0 Å². The van der Waals surface area contributed by atoms with Crippen molar-refractivity contribution in [2.75, 3.05) is 11.4 Å². The van der Waals surface area contributed by atoms with E-state index in [1.807, 2.05) is 62.4 Å². The van der Waals surface area contributed by atoms with Crippen LogP contribution in [0, 0.1) is 13.8 Å². The number of fused-ring (bicyclic) bond motifs is 1. The number of hydrogen-bond acceptors (Lipinski definition) is 6. The van der Waals surface area contributed by atoms with Crippen molar-refractivity contribution in [2.45, 2.75) is 20.8 Å². The van der Waals surface area contributed by atoms with Crippen molar-refractivity contribution in [3.05, 3.63) is 65.5 Å². The molecular formula is C21H20N6OS. The summed E-state index contributed by atoms with van der Waals surface area (Å²) in [5.41, 5.74) is 3.27. The summed E-state index contributed by atoms with van der Waals surface area (Å²) in [5, 5.41) is 12.3. The summed E-state index contributed by atoms with van der Waals surface area (Å²) >= 11 is 1.50. The first-order chi connectivity index (χ1) is 14.1. The molecule has 7 nitrogen and oxygen atoms in total. The number of para-hydroxylation sites is 1. The minimum absolute atomic E-state index is 0.205. The first-order valence-electron chi connectivity index (χ1n) is 9.28. The van der Waals surface area contributed by atoms with Crippen LogP contribution >= 0.6 is 11.3 Å². The molecule has 146 valence electrons. The Morgan fingerprint density at radius 3 is 2.59 bits per heavy atom. The molecule has 2 aromatic carbocycles. The van der Waals surface area contributed by atoms with Crippen molar-refractivity contribution in [2.24, 2.45) is 0 Å². The topological polar surface area (TPSA) is 76.8 Å². The zero-order valence-electron chi connectivity index (χ0n) is 16.4. The van der Waals surface area contributed by atoms with Crippen molar-refractivity contribution in [1.82, 2.24) is 25.2 Å². The van der Waals surface area contributed by atoms with Gasteiger partial charge in [0.05, 0.1) is 10.2 Å². The van der Waals surface area contributed by atoms with Gasteiger partial charge in [-0.05, 0) is 54.5 Å².